The highest BCUT2D eigenvalue weighted by molar-refractivity contribution is 6.29. The molecule has 0 aliphatic heterocycles. The predicted octanol–water partition coefficient (Wildman–Crippen LogP) is 4.45. The van der Waals surface area contributed by atoms with E-state index in [0.717, 1.165) is 36.4 Å². The van der Waals surface area contributed by atoms with E-state index in [1.807, 2.05) is 0 Å². The van der Waals surface area contributed by atoms with E-state index in [4.69, 9.17) is 16.3 Å². The van der Waals surface area contributed by atoms with Crippen LogP contribution in [0.5, 0.6) is 11.6 Å². The van der Waals surface area contributed by atoms with Crippen LogP contribution in [-0.2, 0) is 6.18 Å². The predicted molar refractivity (Wildman–Crippen MR) is 67.4 cm³/mol. The molecule has 0 saturated carbocycles. The molecule has 0 bridgehead atoms. The van der Waals surface area contributed by atoms with Gasteiger partial charge in [0, 0.05) is 0 Å². The minimum Gasteiger partial charge on any atom is -0.439 e. The number of nitrogens with zero attached hydrogens (tertiary/aromatic N) is 2. The molecule has 0 aliphatic carbocycles. The number of halogens is 4. The molecule has 0 spiro atoms. The molecule has 9 heteroatoms. The summed E-state index contributed by atoms with van der Waals surface area (Å²) in [5.74, 6) is -0.138. The first-order valence-corrected chi connectivity index (χ1v) is 5.80. The van der Waals surface area contributed by atoms with Crippen molar-refractivity contribution in [1.82, 2.24) is 4.98 Å². The summed E-state index contributed by atoms with van der Waals surface area (Å²) < 4.78 is 42.3. The summed E-state index contributed by atoms with van der Waals surface area (Å²) in [4.78, 5) is 13.7. The first kappa shape index (κ1) is 15.0. The third kappa shape index (κ3) is 3.82. The Kier molecular flexibility index (Phi) is 3.99. The van der Waals surface area contributed by atoms with E-state index in [0.29, 0.717) is 0 Å². The average molecular weight is 319 g/mol. The van der Waals surface area contributed by atoms with Gasteiger partial charge in [-0.15, -0.1) is 0 Å². The normalized spacial score (nSPS) is 11.2. The molecule has 0 aliphatic rings. The molecular weight excluding hydrogens is 313 g/mol. The summed E-state index contributed by atoms with van der Waals surface area (Å²) in [7, 11) is 0. The van der Waals surface area contributed by atoms with Gasteiger partial charge in [0.25, 0.3) is 5.69 Å². The zero-order chi connectivity index (χ0) is 15.6. The van der Waals surface area contributed by atoms with Crippen LogP contribution in [0.25, 0.3) is 0 Å². The second kappa shape index (κ2) is 5.57. The first-order chi connectivity index (χ1) is 9.75. The zero-order valence-corrected chi connectivity index (χ0v) is 10.9. The van der Waals surface area contributed by atoms with Gasteiger partial charge in [0.05, 0.1) is 22.6 Å². The molecular formula is C12H6ClF3N2O3. The Bertz CT molecular complexity index is 674. The Morgan fingerprint density at radius 1 is 1.19 bits per heavy atom. The average Bonchev–Trinajstić information content (AvgIpc) is 2.37. The van der Waals surface area contributed by atoms with Crippen LogP contribution in [0.2, 0.25) is 5.15 Å². The quantitative estimate of drug-likeness (QED) is 0.476. The fraction of sp³-hybridized carbons (Fsp3) is 0.0833. The van der Waals surface area contributed by atoms with E-state index in [9.17, 15) is 23.3 Å². The maximum atomic E-state index is 12.4. The van der Waals surface area contributed by atoms with Crippen molar-refractivity contribution in [2.24, 2.45) is 0 Å². The van der Waals surface area contributed by atoms with E-state index >= 15 is 0 Å². The second-order valence-electron chi connectivity index (χ2n) is 3.87. The number of ether oxygens (including phenoxy) is 1. The summed E-state index contributed by atoms with van der Waals surface area (Å²) in [6.07, 6.45) is -4.45. The van der Waals surface area contributed by atoms with Gasteiger partial charge >= 0.3 is 6.18 Å². The first-order valence-electron chi connectivity index (χ1n) is 5.43. The number of aromatic nitrogens is 1. The number of rotatable bonds is 3. The lowest BCUT2D eigenvalue weighted by Crippen LogP contribution is -2.04. The molecule has 0 saturated heterocycles. The highest BCUT2D eigenvalue weighted by Crippen LogP contribution is 2.32. The molecule has 1 aromatic carbocycles. The van der Waals surface area contributed by atoms with Gasteiger partial charge in [-0.05, 0) is 24.3 Å². The Labute approximate surface area is 121 Å². The van der Waals surface area contributed by atoms with Gasteiger partial charge in [-0.2, -0.15) is 13.2 Å². The number of alkyl halides is 3. The third-order valence-electron chi connectivity index (χ3n) is 2.37. The third-order valence-corrected chi connectivity index (χ3v) is 2.56. The van der Waals surface area contributed by atoms with Crippen molar-refractivity contribution >= 4 is 17.3 Å². The molecule has 1 aromatic heterocycles. The Balaban J connectivity index is 2.24. The van der Waals surface area contributed by atoms with Crippen molar-refractivity contribution < 1.29 is 22.8 Å². The van der Waals surface area contributed by atoms with Crippen molar-refractivity contribution in [2.75, 3.05) is 0 Å². The van der Waals surface area contributed by atoms with Gasteiger partial charge in [0.2, 0.25) is 5.88 Å². The van der Waals surface area contributed by atoms with E-state index < -0.39 is 16.7 Å². The topological polar surface area (TPSA) is 65.3 Å². The highest BCUT2D eigenvalue weighted by Gasteiger charge is 2.30. The van der Waals surface area contributed by atoms with Gasteiger partial charge in [0.1, 0.15) is 10.9 Å². The van der Waals surface area contributed by atoms with Crippen LogP contribution in [-0.4, -0.2) is 9.91 Å². The van der Waals surface area contributed by atoms with Crippen molar-refractivity contribution in [3.05, 3.63) is 57.2 Å². The van der Waals surface area contributed by atoms with Gasteiger partial charge in [-0.25, -0.2) is 4.98 Å². The number of nitro groups is 1. The lowest BCUT2D eigenvalue weighted by molar-refractivity contribution is -0.385. The van der Waals surface area contributed by atoms with Crippen LogP contribution in [0.15, 0.2) is 36.4 Å². The smallest absolute Gasteiger partial charge is 0.416 e. The van der Waals surface area contributed by atoms with E-state index in [-0.39, 0.29) is 22.5 Å². The van der Waals surface area contributed by atoms with E-state index in [1.165, 1.54) is 0 Å². The lowest BCUT2D eigenvalue weighted by atomic mass is 10.2. The monoisotopic (exact) mass is 318 g/mol. The molecule has 0 fully saturated rings. The molecule has 0 unspecified atom stereocenters. The standard InChI is InChI=1S/C12H6ClF3N2O3/c13-10-5-8(18(19)20)6-11(17-10)21-9-3-1-7(2-4-9)12(14,15)16/h1-6H. The van der Waals surface area contributed by atoms with Crippen molar-refractivity contribution in [3.63, 3.8) is 0 Å². The Hall–Kier alpha value is -2.35. The maximum Gasteiger partial charge on any atom is 0.416 e. The van der Waals surface area contributed by atoms with Crippen molar-refractivity contribution in [2.45, 2.75) is 6.18 Å². The van der Waals surface area contributed by atoms with E-state index in [1.54, 1.807) is 0 Å². The van der Waals surface area contributed by atoms with Crippen LogP contribution in [0.4, 0.5) is 18.9 Å². The Morgan fingerprint density at radius 3 is 2.33 bits per heavy atom. The summed E-state index contributed by atoms with van der Waals surface area (Å²) in [5.41, 5.74) is -1.17. The molecule has 0 amide bonds. The number of hydrogen-bond acceptors (Lipinski definition) is 4. The van der Waals surface area contributed by atoms with Gasteiger partial charge in [0.15, 0.2) is 0 Å². The van der Waals surface area contributed by atoms with Crippen molar-refractivity contribution in [1.29, 1.82) is 0 Å². The molecule has 0 N–H and O–H groups in total. The van der Waals surface area contributed by atoms with Crippen LogP contribution in [0, 0.1) is 10.1 Å². The maximum absolute atomic E-state index is 12.4. The Morgan fingerprint density at radius 2 is 1.81 bits per heavy atom. The minimum atomic E-state index is -4.45. The summed E-state index contributed by atoms with van der Waals surface area (Å²) >= 11 is 5.60. The molecule has 5 nitrogen and oxygen atoms in total. The van der Waals surface area contributed by atoms with Crippen LogP contribution in [0.1, 0.15) is 5.56 Å². The van der Waals surface area contributed by atoms with Gasteiger partial charge < -0.3 is 4.74 Å². The van der Waals surface area contributed by atoms with Crippen LogP contribution in [0.3, 0.4) is 0 Å². The summed E-state index contributed by atoms with van der Waals surface area (Å²) in [6, 6.07) is 5.86. The summed E-state index contributed by atoms with van der Waals surface area (Å²) in [6.45, 7) is 0. The lowest BCUT2D eigenvalue weighted by Gasteiger charge is -2.08. The molecule has 1 heterocycles. The van der Waals surface area contributed by atoms with Crippen LogP contribution < -0.4 is 4.74 Å². The van der Waals surface area contributed by atoms with E-state index in [2.05, 4.69) is 4.98 Å². The SMILES string of the molecule is O=[N+]([O-])c1cc(Cl)nc(Oc2ccc(C(F)(F)F)cc2)c1. The number of pyridine rings is 1. The molecule has 21 heavy (non-hydrogen) atoms. The zero-order valence-electron chi connectivity index (χ0n) is 10.1. The molecule has 110 valence electrons. The molecule has 0 atom stereocenters. The summed E-state index contributed by atoms with van der Waals surface area (Å²) in [5, 5.41) is 10.5. The number of benzene rings is 1. The van der Waals surface area contributed by atoms with Crippen molar-refractivity contribution in [3.8, 4) is 11.6 Å². The molecule has 0 radical (unpaired) electrons. The highest BCUT2D eigenvalue weighted by atomic mass is 35.5. The molecule has 2 rings (SSSR count). The molecule has 2 aromatic rings. The fourth-order valence-electron chi connectivity index (χ4n) is 1.45. The fourth-order valence-corrected chi connectivity index (χ4v) is 1.65. The van der Waals surface area contributed by atoms with Crippen LogP contribution >= 0.6 is 11.6 Å². The number of hydrogen-bond donors (Lipinski definition) is 0. The van der Waals surface area contributed by atoms with Gasteiger partial charge in [-0.1, -0.05) is 11.6 Å². The largest absolute Gasteiger partial charge is 0.439 e. The minimum absolute atomic E-state index is 0.0482. The van der Waals surface area contributed by atoms with Gasteiger partial charge in [-0.3, -0.25) is 10.1 Å². The second-order valence-corrected chi connectivity index (χ2v) is 4.25.